The molecule has 1 unspecified atom stereocenters. The predicted molar refractivity (Wildman–Crippen MR) is 87.1 cm³/mol. The van der Waals surface area contributed by atoms with Crippen LogP contribution in [0.1, 0.15) is 26.3 Å². The average Bonchev–Trinajstić information content (AvgIpc) is 2.37. The van der Waals surface area contributed by atoms with Gasteiger partial charge in [-0.1, -0.05) is 85.9 Å². The topological polar surface area (TPSA) is 36.8 Å². The molecule has 1 N–H and O–H groups in total. The van der Waals surface area contributed by atoms with Crippen molar-refractivity contribution in [1.82, 2.24) is 5.32 Å². The molecule has 0 bridgehead atoms. The summed E-state index contributed by atoms with van der Waals surface area (Å²) in [5.74, 6) is 1.42. The fourth-order valence-corrected chi connectivity index (χ4v) is 2.01. The normalized spacial score (nSPS) is 20.0. The minimum absolute atomic E-state index is 0.190. The maximum Gasteiger partial charge on any atom is 0.232 e. The second-order valence-corrected chi connectivity index (χ2v) is 7.98. The third kappa shape index (κ3) is 3.66. The number of hydrogen-bond acceptors (Lipinski definition) is 3. The Labute approximate surface area is 134 Å². The maximum absolute atomic E-state index is 5.97. The third-order valence-electron chi connectivity index (χ3n) is 2.79. The lowest BCUT2D eigenvalue weighted by Gasteiger charge is -2.31. The molecule has 0 saturated carbocycles. The summed E-state index contributed by atoms with van der Waals surface area (Å²) >= 11 is 17.9. The largest absolute Gasteiger partial charge is 0.328 e. The molecule has 0 aromatic heterocycles. The summed E-state index contributed by atoms with van der Waals surface area (Å²) in [4.78, 5) is 8.83. The van der Waals surface area contributed by atoms with Gasteiger partial charge in [-0.25, -0.2) is 9.98 Å². The highest BCUT2D eigenvalue weighted by atomic mass is 35.6. The molecule has 0 saturated heterocycles. The molecule has 20 heavy (non-hydrogen) atoms. The first-order valence-corrected chi connectivity index (χ1v) is 7.36. The highest BCUT2D eigenvalue weighted by Crippen LogP contribution is 2.35. The first-order chi connectivity index (χ1) is 9.18. The minimum Gasteiger partial charge on any atom is -0.328 e. The number of amidine groups is 2. The smallest absolute Gasteiger partial charge is 0.232 e. The molecule has 108 valence electrons. The van der Waals surface area contributed by atoms with Crippen molar-refractivity contribution in [2.75, 3.05) is 0 Å². The number of hydrogen-bond donors (Lipinski definition) is 1. The monoisotopic (exact) mass is 331 g/mol. The molecule has 0 radical (unpaired) electrons. The Bertz CT molecular complexity index is 539. The van der Waals surface area contributed by atoms with Crippen LogP contribution in [0.5, 0.6) is 0 Å². The van der Waals surface area contributed by atoms with E-state index in [1.54, 1.807) is 0 Å². The molecule has 1 heterocycles. The first kappa shape index (κ1) is 15.6. The lowest BCUT2D eigenvalue weighted by molar-refractivity contribution is 0.557. The number of rotatable bonds is 1. The fraction of sp³-hybridized carbons (Fsp3) is 0.429. The molecule has 6 heteroatoms. The standard InChI is InChI=1S/C14H16Cl3N3/c1-13(2,3)11-18-10(9-7-5-4-6-8-9)19-12(20-11)14(15,16)17/h4-8,12H,1-3H3,(H,18,19,20). The molecule has 0 aliphatic carbocycles. The van der Waals surface area contributed by atoms with Gasteiger partial charge in [0.05, 0.1) is 0 Å². The second-order valence-electron chi connectivity index (χ2n) is 5.61. The van der Waals surface area contributed by atoms with E-state index in [0.29, 0.717) is 5.84 Å². The third-order valence-corrected chi connectivity index (χ3v) is 3.38. The molecule has 1 atom stereocenters. The maximum atomic E-state index is 5.97. The zero-order valence-corrected chi connectivity index (χ0v) is 13.8. The van der Waals surface area contributed by atoms with E-state index in [1.807, 2.05) is 51.1 Å². The van der Waals surface area contributed by atoms with Crippen molar-refractivity contribution in [1.29, 1.82) is 0 Å². The summed E-state index contributed by atoms with van der Waals surface area (Å²) < 4.78 is -1.57. The zero-order valence-electron chi connectivity index (χ0n) is 11.5. The molecule has 0 spiro atoms. The van der Waals surface area contributed by atoms with Crippen LogP contribution in [0.25, 0.3) is 0 Å². The molecule has 2 rings (SSSR count). The zero-order chi connectivity index (χ0) is 15.0. The van der Waals surface area contributed by atoms with E-state index >= 15 is 0 Å². The Morgan fingerprint density at radius 3 is 2.10 bits per heavy atom. The number of alkyl halides is 3. The van der Waals surface area contributed by atoms with Crippen LogP contribution >= 0.6 is 34.8 Å². The number of aliphatic imine (C=N–C) groups is 2. The van der Waals surface area contributed by atoms with Crippen molar-refractivity contribution in [2.45, 2.75) is 30.7 Å². The van der Waals surface area contributed by atoms with Crippen molar-refractivity contribution >= 4 is 46.5 Å². The van der Waals surface area contributed by atoms with Crippen LogP contribution in [-0.4, -0.2) is 21.6 Å². The van der Waals surface area contributed by atoms with Crippen LogP contribution in [0.4, 0.5) is 0 Å². The van der Waals surface area contributed by atoms with Crippen LogP contribution in [0.2, 0.25) is 0 Å². The molecule has 1 aliphatic rings. The molecular formula is C14H16Cl3N3. The van der Waals surface area contributed by atoms with Crippen molar-refractivity contribution in [3.63, 3.8) is 0 Å². The van der Waals surface area contributed by atoms with Crippen molar-refractivity contribution in [3.8, 4) is 0 Å². The van der Waals surface area contributed by atoms with E-state index in [1.165, 1.54) is 0 Å². The number of nitrogens with one attached hydrogen (secondary N) is 1. The number of halogens is 3. The number of benzene rings is 1. The summed E-state index contributed by atoms with van der Waals surface area (Å²) in [6, 6.07) is 9.72. The quantitative estimate of drug-likeness (QED) is 0.770. The van der Waals surface area contributed by atoms with Gasteiger partial charge >= 0.3 is 0 Å². The van der Waals surface area contributed by atoms with E-state index in [4.69, 9.17) is 34.8 Å². The van der Waals surface area contributed by atoms with Gasteiger partial charge in [0.1, 0.15) is 11.7 Å². The first-order valence-electron chi connectivity index (χ1n) is 6.23. The summed E-state index contributed by atoms with van der Waals surface area (Å²) in [6.07, 6.45) is -0.752. The lowest BCUT2D eigenvalue weighted by Crippen LogP contribution is -2.46. The van der Waals surface area contributed by atoms with Crippen LogP contribution in [0.15, 0.2) is 40.3 Å². The average molecular weight is 333 g/mol. The molecule has 3 nitrogen and oxygen atoms in total. The predicted octanol–water partition coefficient (Wildman–Crippen LogP) is 4.18. The molecule has 0 amide bonds. The van der Waals surface area contributed by atoms with Gasteiger partial charge in [0.15, 0.2) is 6.17 Å². The van der Waals surface area contributed by atoms with Gasteiger partial charge < -0.3 is 5.32 Å². The van der Waals surface area contributed by atoms with Gasteiger partial charge in [-0.3, -0.25) is 0 Å². The lowest BCUT2D eigenvalue weighted by atomic mass is 9.94. The van der Waals surface area contributed by atoms with Crippen molar-refractivity contribution in [3.05, 3.63) is 35.9 Å². The molecule has 1 aromatic rings. The van der Waals surface area contributed by atoms with E-state index in [9.17, 15) is 0 Å². The molecule has 0 fully saturated rings. The Balaban J connectivity index is 2.42. The SMILES string of the molecule is CC(C)(C)C1=NC(C(Cl)(Cl)Cl)N=C(c2ccccc2)N1. The summed E-state index contributed by atoms with van der Waals surface area (Å²) in [6.45, 7) is 6.13. The Kier molecular flexibility index (Phi) is 4.33. The van der Waals surface area contributed by atoms with Crippen LogP contribution in [-0.2, 0) is 0 Å². The summed E-state index contributed by atoms with van der Waals surface area (Å²) in [7, 11) is 0. The van der Waals surface area contributed by atoms with Gasteiger partial charge in [0.2, 0.25) is 3.79 Å². The van der Waals surface area contributed by atoms with Gasteiger partial charge in [-0.05, 0) is 0 Å². The highest BCUT2D eigenvalue weighted by molar-refractivity contribution is 6.68. The van der Waals surface area contributed by atoms with Gasteiger partial charge in [0, 0.05) is 11.0 Å². The van der Waals surface area contributed by atoms with Crippen molar-refractivity contribution < 1.29 is 0 Å². The van der Waals surface area contributed by atoms with Crippen LogP contribution < -0.4 is 5.32 Å². The van der Waals surface area contributed by atoms with E-state index < -0.39 is 9.96 Å². The van der Waals surface area contributed by atoms with E-state index in [-0.39, 0.29) is 5.41 Å². The van der Waals surface area contributed by atoms with Crippen molar-refractivity contribution in [2.24, 2.45) is 15.4 Å². The Morgan fingerprint density at radius 2 is 1.60 bits per heavy atom. The fourth-order valence-electron chi connectivity index (χ4n) is 1.72. The number of nitrogens with zero attached hydrogens (tertiary/aromatic N) is 2. The minimum atomic E-state index is -1.57. The Hall–Kier alpha value is -0.770. The van der Waals surface area contributed by atoms with Gasteiger partial charge in [-0.15, -0.1) is 0 Å². The van der Waals surface area contributed by atoms with E-state index in [0.717, 1.165) is 11.4 Å². The Morgan fingerprint density at radius 1 is 1.00 bits per heavy atom. The van der Waals surface area contributed by atoms with Gasteiger partial charge in [-0.2, -0.15) is 0 Å². The molecular weight excluding hydrogens is 317 g/mol. The summed E-state index contributed by atoms with van der Waals surface area (Å²) in [5.41, 5.74) is 0.743. The van der Waals surface area contributed by atoms with Crippen LogP contribution in [0.3, 0.4) is 0 Å². The summed E-state index contributed by atoms with van der Waals surface area (Å²) in [5, 5.41) is 3.24. The molecule has 1 aromatic carbocycles. The highest BCUT2D eigenvalue weighted by Gasteiger charge is 2.37. The molecule has 1 aliphatic heterocycles. The second kappa shape index (κ2) is 5.55. The van der Waals surface area contributed by atoms with Gasteiger partial charge in [0.25, 0.3) is 0 Å². The van der Waals surface area contributed by atoms with E-state index in [2.05, 4.69) is 15.3 Å². The van der Waals surface area contributed by atoms with Crippen LogP contribution in [0, 0.1) is 5.41 Å².